The van der Waals surface area contributed by atoms with Crippen molar-refractivity contribution in [1.82, 2.24) is 10.3 Å². The highest BCUT2D eigenvalue weighted by atomic mass is 19.1. The molecular formula is C21H19F2N3O4. The lowest BCUT2D eigenvalue weighted by Crippen LogP contribution is -2.44. The molecule has 0 aliphatic rings. The molecule has 0 saturated carbocycles. The zero-order valence-corrected chi connectivity index (χ0v) is 16.2. The van der Waals surface area contributed by atoms with Gasteiger partial charge in [0.2, 0.25) is 11.8 Å². The Bertz CT molecular complexity index is 1130. The van der Waals surface area contributed by atoms with Gasteiger partial charge in [-0.05, 0) is 17.7 Å². The number of hydrogen-bond acceptors (Lipinski definition) is 4. The number of hydrogen-bond donors (Lipinski definition) is 3. The van der Waals surface area contributed by atoms with Crippen LogP contribution >= 0.6 is 0 Å². The molecule has 0 saturated heterocycles. The van der Waals surface area contributed by atoms with Gasteiger partial charge in [-0.25, -0.2) is 13.6 Å². The van der Waals surface area contributed by atoms with E-state index in [-0.39, 0.29) is 6.42 Å². The van der Waals surface area contributed by atoms with Gasteiger partial charge in [-0.3, -0.25) is 9.59 Å². The van der Waals surface area contributed by atoms with Crippen LogP contribution in [0.1, 0.15) is 22.8 Å². The second-order valence-corrected chi connectivity index (χ2v) is 6.61. The van der Waals surface area contributed by atoms with Crippen LogP contribution in [0.25, 0.3) is 10.9 Å². The summed E-state index contributed by atoms with van der Waals surface area (Å²) in [5.41, 5.74) is 0.703. The van der Waals surface area contributed by atoms with Crippen molar-refractivity contribution in [1.29, 1.82) is 0 Å². The molecule has 1 unspecified atom stereocenters. The predicted octanol–water partition coefficient (Wildman–Crippen LogP) is 2.92. The van der Waals surface area contributed by atoms with Crippen molar-refractivity contribution in [3.05, 3.63) is 65.4 Å². The molecule has 3 N–H and O–H groups in total. The second-order valence-electron chi connectivity index (χ2n) is 6.61. The van der Waals surface area contributed by atoms with Gasteiger partial charge in [0.25, 0.3) is 0 Å². The standard InChI is InChI=1S/C21H19F2N3O4/c1-11(27)25-19(7-12-10-24-17-6-4-3-5-13(12)17)20(28)26-18-8-14(21(29)30-2)15(22)9-16(18)23/h3-6,8-10,19,24H,7H2,1-2H3,(H,25,27)(H,26,28). The predicted molar refractivity (Wildman–Crippen MR) is 106 cm³/mol. The fourth-order valence-electron chi connectivity index (χ4n) is 3.11. The number of anilines is 1. The van der Waals surface area contributed by atoms with Gasteiger partial charge in [0, 0.05) is 36.5 Å². The molecule has 2 aromatic carbocycles. The molecule has 0 fully saturated rings. The Balaban J connectivity index is 1.87. The topological polar surface area (TPSA) is 100 Å². The number of para-hydroxylation sites is 1. The van der Waals surface area contributed by atoms with Crippen molar-refractivity contribution in [2.24, 2.45) is 0 Å². The first-order valence-corrected chi connectivity index (χ1v) is 9.00. The summed E-state index contributed by atoms with van der Waals surface area (Å²) >= 11 is 0. The molecule has 30 heavy (non-hydrogen) atoms. The van der Waals surface area contributed by atoms with Gasteiger partial charge in [0.15, 0.2) is 0 Å². The Morgan fingerprint density at radius 3 is 2.57 bits per heavy atom. The van der Waals surface area contributed by atoms with E-state index >= 15 is 0 Å². The number of amides is 2. The Morgan fingerprint density at radius 2 is 1.87 bits per heavy atom. The minimum atomic E-state index is -1.12. The number of ether oxygens (including phenoxy) is 1. The van der Waals surface area contributed by atoms with Crippen molar-refractivity contribution in [3.8, 4) is 0 Å². The largest absolute Gasteiger partial charge is 0.465 e. The van der Waals surface area contributed by atoms with E-state index < -0.39 is 46.7 Å². The van der Waals surface area contributed by atoms with Crippen molar-refractivity contribution in [2.75, 3.05) is 12.4 Å². The highest BCUT2D eigenvalue weighted by molar-refractivity contribution is 5.99. The van der Waals surface area contributed by atoms with Crippen LogP contribution in [0.3, 0.4) is 0 Å². The third kappa shape index (κ3) is 4.45. The zero-order chi connectivity index (χ0) is 21.8. The lowest BCUT2D eigenvalue weighted by Gasteiger charge is -2.18. The molecule has 156 valence electrons. The number of H-pyrrole nitrogens is 1. The van der Waals surface area contributed by atoms with Crippen molar-refractivity contribution in [3.63, 3.8) is 0 Å². The van der Waals surface area contributed by atoms with E-state index in [0.717, 1.165) is 29.6 Å². The summed E-state index contributed by atoms with van der Waals surface area (Å²) in [6.07, 6.45) is 1.85. The van der Waals surface area contributed by atoms with Crippen LogP contribution in [0.15, 0.2) is 42.6 Å². The van der Waals surface area contributed by atoms with Gasteiger partial charge in [-0.1, -0.05) is 18.2 Å². The van der Waals surface area contributed by atoms with Gasteiger partial charge in [0.1, 0.15) is 17.7 Å². The van der Waals surface area contributed by atoms with Gasteiger partial charge >= 0.3 is 5.97 Å². The maximum atomic E-state index is 14.2. The van der Waals surface area contributed by atoms with E-state index in [1.165, 1.54) is 6.92 Å². The van der Waals surface area contributed by atoms with Crippen LogP contribution in [-0.2, 0) is 20.7 Å². The number of aromatic nitrogens is 1. The molecule has 3 aromatic rings. The average molecular weight is 415 g/mol. The van der Waals surface area contributed by atoms with E-state index in [2.05, 4.69) is 20.4 Å². The van der Waals surface area contributed by atoms with Crippen molar-refractivity contribution < 1.29 is 27.9 Å². The molecular weight excluding hydrogens is 396 g/mol. The van der Waals surface area contributed by atoms with Gasteiger partial charge in [-0.15, -0.1) is 0 Å². The third-order valence-electron chi connectivity index (χ3n) is 4.51. The first kappa shape index (κ1) is 21.0. The zero-order valence-electron chi connectivity index (χ0n) is 16.2. The van der Waals surface area contributed by atoms with Crippen LogP contribution in [0.2, 0.25) is 0 Å². The lowest BCUT2D eigenvalue weighted by molar-refractivity contribution is -0.125. The first-order chi connectivity index (χ1) is 14.3. The summed E-state index contributed by atoms with van der Waals surface area (Å²) in [4.78, 5) is 39.1. The summed E-state index contributed by atoms with van der Waals surface area (Å²) in [6.45, 7) is 1.25. The van der Waals surface area contributed by atoms with Crippen molar-refractivity contribution >= 4 is 34.4 Å². The number of nitrogens with one attached hydrogen (secondary N) is 3. The molecule has 2 amide bonds. The van der Waals surface area contributed by atoms with E-state index in [9.17, 15) is 23.2 Å². The summed E-state index contributed by atoms with van der Waals surface area (Å²) in [6, 6.07) is 7.74. The fraction of sp³-hybridized carbons (Fsp3) is 0.190. The number of methoxy groups -OCH3 is 1. The Hall–Kier alpha value is -3.75. The highest BCUT2D eigenvalue weighted by Gasteiger charge is 2.24. The monoisotopic (exact) mass is 415 g/mol. The number of halogens is 2. The summed E-state index contributed by atoms with van der Waals surface area (Å²) in [5, 5.41) is 5.72. The smallest absolute Gasteiger partial charge is 0.340 e. The maximum Gasteiger partial charge on any atom is 0.340 e. The molecule has 0 spiro atoms. The summed E-state index contributed by atoms with van der Waals surface area (Å²) < 4.78 is 32.4. The summed E-state index contributed by atoms with van der Waals surface area (Å²) in [5.74, 6) is -4.38. The molecule has 3 rings (SSSR count). The fourth-order valence-corrected chi connectivity index (χ4v) is 3.11. The molecule has 1 atom stereocenters. The van der Waals surface area contributed by atoms with Crippen LogP contribution in [0.5, 0.6) is 0 Å². The maximum absolute atomic E-state index is 14.2. The van der Waals surface area contributed by atoms with Crippen LogP contribution in [0, 0.1) is 11.6 Å². The number of benzene rings is 2. The Labute approximate surface area is 170 Å². The third-order valence-corrected chi connectivity index (χ3v) is 4.51. The quantitative estimate of drug-likeness (QED) is 0.539. The summed E-state index contributed by atoms with van der Waals surface area (Å²) in [7, 11) is 1.05. The Kier molecular flexibility index (Phi) is 6.10. The normalized spacial score (nSPS) is 11.7. The SMILES string of the molecule is COC(=O)c1cc(NC(=O)C(Cc2c[nH]c3ccccc23)NC(C)=O)c(F)cc1F. The van der Waals surface area contributed by atoms with Gasteiger partial charge in [0.05, 0.1) is 18.4 Å². The van der Waals surface area contributed by atoms with E-state index in [1.54, 1.807) is 6.20 Å². The van der Waals surface area contributed by atoms with Crippen LogP contribution in [-0.4, -0.2) is 35.9 Å². The number of fused-ring (bicyclic) bond motifs is 1. The first-order valence-electron chi connectivity index (χ1n) is 9.00. The Morgan fingerprint density at radius 1 is 1.13 bits per heavy atom. The molecule has 0 bridgehead atoms. The molecule has 0 aliphatic heterocycles. The van der Waals surface area contributed by atoms with Gasteiger partial charge < -0.3 is 20.4 Å². The molecule has 0 aliphatic carbocycles. The van der Waals surface area contributed by atoms with Crippen molar-refractivity contribution in [2.45, 2.75) is 19.4 Å². The molecule has 1 heterocycles. The highest BCUT2D eigenvalue weighted by Crippen LogP contribution is 2.22. The number of esters is 1. The average Bonchev–Trinajstić information content (AvgIpc) is 3.11. The lowest BCUT2D eigenvalue weighted by atomic mass is 10.0. The van der Waals surface area contributed by atoms with E-state index in [0.29, 0.717) is 6.07 Å². The minimum Gasteiger partial charge on any atom is -0.465 e. The number of rotatable bonds is 6. The van der Waals surface area contributed by atoms with Gasteiger partial charge in [-0.2, -0.15) is 0 Å². The van der Waals surface area contributed by atoms with Crippen LogP contribution < -0.4 is 10.6 Å². The van der Waals surface area contributed by atoms with E-state index in [4.69, 9.17) is 0 Å². The van der Waals surface area contributed by atoms with Crippen LogP contribution in [0.4, 0.5) is 14.5 Å². The number of carbonyl (C=O) groups is 3. The molecule has 7 nitrogen and oxygen atoms in total. The number of aromatic amines is 1. The molecule has 0 radical (unpaired) electrons. The second kappa shape index (κ2) is 8.73. The number of carbonyl (C=O) groups excluding carboxylic acids is 3. The molecule has 1 aromatic heterocycles. The van der Waals surface area contributed by atoms with E-state index in [1.807, 2.05) is 24.3 Å². The minimum absolute atomic E-state index is 0.127. The molecule has 9 heteroatoms.